The van der Waals surface area contributed by atoms with Gasteiger partial charge < -0.3 is 10.4 Å². The van der Waals surface area contributed by atoms with Crippen LogP contribution in [0.25, 0.3) is 11.1 Å². The first kappa shape index (κ1) is 30.9. The Labute approximate surface area is 234 Å². The van der Waals surface area contributed by atoms with Crippen molar-refractivity contribution < 1.29 is 27.9 Å². The fourth-order valence-electron chi connectivity index (χ4n) is 5.17. The van der Waals surface area contributed by atoms with Crippen LogP contribution in [0.2, 0.25) is 0 Å². The number of aliphatic carboxylic acids is 1. The maximum Gasteiger partial charge on any atom is 0.389 e. The van der Waals surface area contributed by atoms with E-state index in [1.54, 1.807) is 24.3 Å². The Bertz CT molecular complexity index is 1270. The molecular weight excluding hydrogens is 515 g/mol. The zero-order chi connectivity index (χ0) is 29.4. The minimum absolute atomic E-state index is 0.0177. The van der Waals surface area contributed by atoms with Gasteiger partial charge in [0, 0.05) is 18.5 Å². The van der Waals surface area contributed by atoms with Crippen molar-refractivity contribution in [3.8, 4) is 11.1 Å². The van der Waals surface area contributed by atoms with E-state index >= 15 is 0 Å². The number of nitrogens with one attached hydrogen (secondary N) is 1. The van der Waals surface area contributed by atoms with E-state index in [-0.39, 0.29) is 31.2 Å². The van der Waals surface area contributed by atoms with Crippen LogP contribution in [0.5, 0.6) is 0 Å². The van der Waals surface area contributed by atoms with E-state index < -0.39 is 18.6 Å². The molecule has 1 amide bonds. The van der Waals surface area contributed by atoms with E-state index in [1.807, 2.05) is 0 Å². The molecule has 1 atom stereocenters. The van der Waals surface area contributed by atoms with Crippen LogP contribution in [0.4, 0.5) is 13.2 Å². The van der Waals surface area contributed by atoms with Crippen LogP contribution in [-0.4, -0.2) is 29.7 Å². The number of amides is 1. The van der Waals surface area contributed by atoms with Crippen LogP contribution in [-0.2, 0) is 11.2 Å². The third kappa shape index (κ3) is 8.97. The Morgan fingerprint density at radius 3 is 2.00 bits per heavy atom. The van der Waals surface area contributed by atoms with Gasteiger partial charge in [-0.15, -0.1) is 0 Å². The van der Waals surface area contributed by atoms with E-state index in [2.05, 4.69) is 69.4 Å². The van der Waals surface area contributed by atoms with E-state index in [0.29, 0.717) is 24.3 Å². The normalized spacial score (nSPS) is 12.4. The van der Waals surface area contributed by atoms with Crippen molar-refractivity contribution in [2.75, 3.05) is 6.54 Å². The molecule has 0 saturated carbocycles. The second-order valence-corrected chi connectivity index (χ2v) is 10.8. The smallest absolute Gasteiger partial charge is 0.389 e. The highest BCUT2D eigenvalue weighted by molar-refractivity contribution is 5.94. The summed E-state index contributed by atoms with van der Waals surface area (Å²) in [5.74, 6) is -1.08. The molecule has 3 rings (SSSR count). The van der Waals surface area contributed by atoms with Crippen molar-refractivity contribution in [1.82, 2.24) is 5.32 Å². The number of carboxylic acids is 1. The predicted octanol–water partition coefficient (Wildman–Crippen LogP) is 8.36. The average molecular weight is 554 g/mol. The van der Waals surface area contributed by atoms with Crippen molar-refractivity contribution >= 4 is 11.9 Å². The number of rotatable bonds is 12. The van der Waals surface area contributed by atoms with Crippen LogP contribution >= 0.6 is 0 Å². The fraction of sp³-hybridized carbons (Fsp3) is 0.394. The summed E-state index contributed by atoms with van der Waals surface area (Å²) in [6.07, 6.45) is -4.26. The zero-order valence-corrected chi connectivity index (χ0v) is 23.6. The summed E-state index contributed by atoms with van der Waals surface area (Å²) >= 11 is 0. The topological polar surface area (TPSA) is 66.4 Å². The van der Waals surface area contributed by atoms with Crippen molar-refractivity contribution in [1.29, 1.82) is 0 Å². The lowest BCUT2D eigenvalue weighted by molar-refractivity contribution is -0.137. The third-order valence-electron chi connectivity index (χ3n) is 7.22. The van der Waals surface area contributed by atoms with E-state index in [9.17, 15) is 22.8 Å². The van der Waals surface area contributed by atoms with Gasteiger partial charge in [0.2, 0.25) is 0 Å². The van der Waals surface area contributed by atoms with Crippen molar-refractivity contribution in [2.45, 2.75) is 77.8 Å². The number of alkyl halides is 3. The second kappa shape index (κ2) is 13.6. The van der Waals surface area contributed by atoms with E-state index in [0.717, 1.165) is 27.8 Å². The minimum Gasteiger partial charge on any atom is -0.481 e. The van der Waals surface area contributed by atoms with Gasteiger partial charge >= 0.3 is 12.1 Å². The molecule has 0 saturated heterocycles. The largest absolute Gasteiger partial charge is 0.481 e. The Morgan fingerprint density at radius 2 is 1.48 bits per heavy atom. The number of halogens is 3. The highest BCUT2D eigenvalue weighted by Crippen LogP contribution is 2.34. The molecule has 2 N–H and O–H groups in total. The molecule has 4 nitrogen and oxygen atoms in total. The molecule has 0 radical (unpaired) electrons. The van der Waals surface area contributed by atoms with Gasteiger partial charge in [-0.1, -0.05) is 62.4 Å². The molecule has 0 aromatic heterocycles. The number of carboxylic acid groups (broad SMARTS) is 1. The third-order valence-corrected chi connectivity index (χ3v) is 7.22. The van der Waals surface area contributed by atoms with E-state index in [1.165, 1.54) is 11.1 Å². The SMILES string of the molecule is Cc1cc(CC(CCCC(F)(F)F)c2ccc(C(=O)NCCC(=O)O)cc2)cc(C)c1-c1ccc(C(C)C)cc1. The molecule has 7 heteroatoms. The van der Waals surface area contributed by atoms with Crippen LogP contribution in [0, 0.1) is 13.8 Å². The van der Waals surface area contributed by atoms with Crippen LogP contribution < -0.4 is 5.32 Å². The maximum atomic E-state index is 12.9. The molecule has 40 heavy (non-hydrogen) atoms. The summed E-state index contributed by atoms with van der Waals surface area (Å²) in [4.78, 5) is 23.0. The van der Waals surface area contributed by atoms with Crippen molar-refractivity contribution in [3.63, 3.8) is 0 Å². The van der Waals surface area contributed by atoms with Crippen molar-refractivity contribution in [2.24, 2.45) is 0 Å². The lowest BCUT2D eigenvalue weighted by atomic mass is 9.85. The Hall–Kier alpha value is -3.61. The molecule has 0 fully saturated rings. The monoisotopic (exact) mass is 553 g/mol. The van der Waals surface area contributed by atoms with Gasteiger partial charge in [-0.3, -0.25) is 9.59 Å². The summed E-state index contributed by atoms with van der Waals surface area (Å²) in [5.41, 5.74) is 8.14. The first-order chi connectivity index (χ1) is 18.8. The number of hydrogen-bond donors (Lipinski definition) is 2. The molecule has 1 unspecified atom stereocenters. The summed E-state index contributed by atoms with van der Waals surface area (Å²) in [6.45, 7) is 8.48. The summed E-state index contributed by atoms with van der Waals surface area (Å²) in [6, 6.07) is 19.7. The number of aryl methyl sites for hydroxylation is 2. The Morgan fingerprint density at radius 1 is 0.900 bits per heavy atom. The highest BCUT2D eigenvalue weighted by Gasteiger charge is 2.27. The van der Waals surface area contributed by atoms with Crippen LogP contribution in [0.1, 0.15) is 89.5 Å². The molecule has 214 valence electrons. The van der Waals surface area contributed by atoms with Gasteiger partial charge in [-0.2, -0.15) is 13.2 Å². The Balaban J connectivity index is 1.82. The van der Waals surface area contributed by atoms with Gasteiger partial charge in [-0.05, 0) is 96.0 Å². The number of benzene rings is 3. The standard InChI is InChI=1S/C33H38F3NO3/c1-21(2)25-7-11-27(12-8-25)31-22(3)18-24(19-23(31)4)20-29(6-5-16-33(34,35)36)26-9-13-28(14-10-26)32(40)37-17-15-30(38)39/h7-14,18-19,21,29H,5-6,15-17,20H2,1-4H3,(H,37,40)(H,38,39). The number of hydrogen-bond acceptors (Lipinski definition) is 2. The summed E-state index contributed by atoms with van der Waals surface area (Å²) < 4.78 is 38.8. The predicted molar refractivity (Wildman–Crippen MR) is 153 cm³/mol. The Kier molecular flexibility index (Phi) is 10.5. The van der Waals surface area contributed by atoms with Gasteiger partial charge in [0.05, 0.1) is 6.42 Å². The lowest BCUT2D eigenvalue weighted by Crippen LogP contribution is -2.25. The lowest BCUT2D eigenvalue weighted by Gasteiger charge is -2.21. The fourth-order valence-corrected chi connectivity index (χ4v) is 5.17. The minimum atomic E-state index is -4.21. The first-order valence-electron chi connectivity index (χ1n) is 13.7. The first-order valence-corrected chi connectivity index (χ1v) is 13.7. The second-order valence-electron chi connectivity index (χ2n) is 10.8. The molecule has 0 aliphatic heterocycles. The van der Waals surface area contributed by atoms with Crippen molar-refractivity contribution in [3.05, 3.63) is 94.0 Å². The molecule has 3 aromatic carbocycles. The quantitative estimate of drug-likeness (QED) is 0.237. The summed E-state index contributed by atoms with van der Waals surface area (Å²) in [7, 11) is 0. The molecule has 0 aliphatic rings. The molecule has 0 aliphatic carbocycles. The highest BCUT2D eigenvalue weighted by atomic mass is 19.4. The molecule has 0 bridgehead atoms. The molecule has 0 spiro atoms. The van der Waals surface area contributed by atoms with Crippen LogP contribution in [0.15, 0.2) is 60.7 Å². The molecular formula is C33H38F3NO3. The molecule has 3 aromatic rings. The number of carbonyl (C=O) groups excluding carboxylic acids is 1. The van der Waals surface area contributed by atoms with Gasteiger partial charge in [0.25, 0.3) is 5.91 Å². The number of carbonyl (C=O) groups is 2. The van der Waals surface area contributed by atoms with Crippen LogP contribution in [0.3, 0.4) is 0 Å². The molecule has 0 heterocycles. The van der Waals surface area contributed by atoms with Gasteiger partial charge in [-0.25, -0.2) is 0 Å². The average Bonchev–Trinajstić information content (AvgIpc) is 2.87. The zero-order valence-electron chi connectivity index (χ0n) is 23.6. The summed E-state index contributed by atoms with van der Waals surface area (Å²) in [5, 5.41) is 11.3. The maximum absolute atomic E-state index is 12.9. The van der Waals surface area contributed by atoms with Gasteiger partial charge in [0.1, 0.15) is 0 Å². The van der Waals surface area contributed by atoms with Gasteiger partial charge in [0.15, 0.2) is 0 Å². The van der Waals surface area contributed by atoms with E-state index in [4.69, 9.17) is 5.11 Å².